The first-order chi connectivity index (χ1) is 10.9. The molecule has 23 heavy (non-hydrogen) atoms. The standard InChI is InChI=1S/C16H23N3O4/c1-10(2)17-15(20)8-11(3)18-19-16(21)12-6-7-13(22-4)14(9-12)23-5/h6-7,9-10H,8H2,1-5H3,(H,17,20)(H,19,21)/b18-11+. The minimum Gasteiger partial charge on any atom is -0.493 e. The van der Waals surface area contributed by atoms with E-state index in [0.717, 1.165) is 0 Å². The maximum atomic E-state index is 12.1. The van der Waals surface area contributed by atoms with E-state index < -0.39 is 5.91 Å². The lowest BCUT2D eigenvalue weighted by molar-refractivity contribution is -0.120. The summed E-state index contributed by atoms with van der Waals surface area (Å²) in [6.45, 7) is 5.43. The van der Waals surface area contributed by atoms with Gasteiger partial charge in [0.15, 0.2) is 11.5 Å². The number of carbonyl (C=O) groups is 2. The summed E-state index contributed by atoms with van der Waals surface area (Å²) >= 11 is 0. The van der Waals surface area contributed by atoms with E-state index in [9.17, 15) is 9.59 Å². The Morgan fingerprint density at radius 3 is 2.39 bits per heavy atom. The fraction of sp³-hybridized carbons (Fsp3) is 0.438. The molecule has 1 aromatic rings. The van der Waals surface area contributed by atoms with Crippen LogP contribution in [0.15, 0.2) is 23.3 Å². The van der Waals surface area contributed by atoms with Crippen molar-refractivity contribution in [3.63, 3.8) is 0 Å². The number of benzene rings is 1. The lowest BCUT2D eigenvalue weighted by atomic mass is 10.2. The van der Waals surface area contributed by atoms with Crippen molar-refractivity contribution in [2.75, 3.05) is 14.2 Å². The van der Waals surface area contributed by atoms with E-state index in [1.54, 1.807) is 25.1 Å². The van der Waals surface area contributed by atoms with E-state index in [1.807, 2.05) is 13.8 Å². The molecule has 0 fully saturated rings. The molecule has 0 atom stereocenters. The maximum absolute atomic E-state index is 12.1. The molecule has 0 aromatic heterocycles. The highest BCUT2D eigenvalue weighted by Crippen LogP contribution is 2.27. The molecule has 0 aliphatic rings. The van der Waals surface area contributed by atoms with Crippen LogP contribution >= 0.6 is 0 Å². The fourth-order valence-corrected chi connectivity index (χ4v) is 1.83. The predicted molar refractivity (Wildman–Crippen MR) is 88.0 cm³/mol. The number of rotatable bonds is 7. The SMILES string of the molecule is COc1ccc(C(=O)N/N=C(\C)CC(=O)NC(C)C)cc1OC. The van der Waals surface area contributed by atoms with Crippen LogP contribution in [0.4, 0.5) is 0 Å². The fourth-order valence-electron chi connectivity index (χ4n) is 1.83. The van der Waals surface area contributed by atoms with E-state index >= 15 is 0 Å². The normalized spacial score (nSPS) is 11.1. The smallest absolute Gasteiger partial charge is 0.271 e. The molecule has 2 N–H and O–H groups in total. The summed E-state index contributed by atoms with van der Waals surface area (Å²) in [5, 5.41) is 6.69. The van der Waals surface area contributed by atoms with E-state index in [0.29, 0.717) is 22.8 Å². The molecule has 0 saturated heterocycles. The van der Waals surface area contributed by atoms with Crippen molar-refractivity contribution >= 4 is 17.5 Å². The molecule has 126 valence electrons. The third-order valence-electron chi connectivity index (χ3n) is 2.86. The Balaban J connectivity index is 2.69. The Hall–Kier alpha value is -2.57. The van der Waals surface area contributed by atoms with Crippen molar-refractivity contribution in [3.8, 4) is 11.5 Å². The number of methoxy groups -OCH3 is 2. The zero-order valence-corrected chi connectivity index (χ0v) is 14.1. The van der Waals surface area contributed by atoms with Gasteiger partial charge in [0.2, 0.25) is 5.91 Å². The zero-order valence-electron chi connectivity index (χ0n) is 14.1. The lowest BCUT2D eigenvalue weighted by Crippen LogP contribution is -2.31. The van der Waals surface area contributed by atoms with Crippen LogP contribution in [0.2, 0.25) is 0 Å². The average molecular weight is 321 g/mol. The minimum absolute atomic E-state index is 0.0663. The van der Waals surface area contributed by atoms with Crippen LogP contribution in [0.5, 0.6) is 11.5 Å². The molecule has 0 aliphatic heterocycles. The number of hydrogen-bond donors (Lipinski definition) is 2. The largest absolute Gasteiger partial charge is 0.493 e. The summed E-state index contributed by atoms with van der Waals surface area (Å²) in [6.07, 6.45) is 0.129. The zero-order chi connectivity index (χ0) is 17.4. The van der Waals surface area contributed by atoms with Gasteiger partial charge in [-0.3, -0.25) is 9.59 Å². The Morgan fingerprint density at radius 2 is 1.83 bits per heavy atom. The molecule has 0 spiro atoms. The van der Waals surface area contributed by atoms with Crippen LogP contribution in [0, 0.1) is 0 Å². The van der Waals surface area contributed by atoms with Crippen molar-refractivity contribution in [3.05, 3.63) is 23.8 Å². The summed E-state index contributed by atoms with van der Waals surface area (Å²) in [4.78, 5) is 23.7. The topological polar surface area (TPSA) is 89.0 Å². The molecule has 0 saturated carbocycles. The van der Waals surface area contributed by atoms with Crippen LogP contribution in [0.1, 0.15) is 37.6 Å². The van der Waals surface area contributed by atoms with Gasteiger partial charge in [0.25, 0.3) is 5.91 Å². The van der Waals surface area contributed by atoms with Crippen LogP contribution in [0.25, 0.3) is 0 Å². The van der Waals surface area contributed by atoms with Crippen molar-refractivity contribution in [1.29, 1.82) is 0 Å². The summed E-state index contributed by atoms with van der Waals surface area (Å²) in [6, 6.07) is 4.87. The maximum Gasteiger partial charge on any atom is 0.271 e. The number of hydrogen-bond acceptors (Lipinski definition) is 5. The van der Waals surface area contributed by atoms with Crippen LogP contribution in [-0.4, -0.2) is 37.8 Å². The molecule has 0 unspecified atom stereocenters. The molecular formula is C16H23N3O4. The third kappa shape index (κ3) is 5.98. The van der Waals surface area contributed by atoms with Gasteiger partial charge < -0.3 is 14.8 Å². The number of nitrogens with zero attached hydrogens (tertiary/aromatic N) is 1. The monoisotopic (exact) mass is 321 g/mol. The minimum atomic E-state index is -0.394. The average Bonchev–Trinajstić information content (AvgIpc) is 2.50. The second kappa shape index (κ2) is 8.77. The summed E-state index contributed by atoms with van der Waals surface area (Å²) in [5.74, 6) is 0.461. The number of amides is 2. The molecule has 2 amide bonds. The molecule has 0 heterocycles. The first kappa shape index (κ1) is 18.5. The molecular weight excluding hydrogens is 298 g/mol. The molecule has 0 aliphatic carbocycles. The van der Waals surface area contributed by atoms with Crippen molar-refractivity contribution in [1.82, 2.24) is 10.7 Å². The number of ether oxygens (including phenoxy) is 2. The third-order valence-corrected chi connectivity index (χ3v) is 2.86. The predicted octanol–water partition coefficient (Wildman–Crippen LogP) is 1.72. The summed E-state index contributed by atoms with van der Waals surface area (Å²) in [7, 11) is 3.02. The second-order valence-corrected chi connectivity index (χ2v) is 5.26. The van der Waals surface area contributed by atoms with Crippen LogP contribution in [0.3, 0.4) is 0 Å². The molecule has 0 bridgehead atoms. The van der Waals surface area contributed by atoms with Crippen molar-refractivity contribution in [2.24, 2.45) is 5.10 Å². The van der Waals surface area contributed by atoms with E-state index in [1.165, 1.54) is 14.2 Å². The van der Waals surface area contributed by atoms with Crippen molar-refractivity contribution < 1.29 is 19.1 Å². The number of hydrazone groups is 1. The number of nitrogens with one attached hydrogen (secondary N) is 2. The van der Waals surface area contributed by atoms with Gasteiger partial charge in [0.1, 0.15) is 0 Å². The van der Waals surface area contributed by atoms with Gasteiger partial charge in [-0.1, -0.05) is 0 Å². The van der Waals surface area contributed by atoms with Crippen LogP contribution in [-0.2, 0) is 4.79 Å². The van der Waals surface area contributed by atoms with Gasteiger partial charge in [-0.25, -0.2) is 5.43 Å². The van der Waals surface area contributed by atoms with Gasteiger partial charge in [0, 0.05) is 17.3 Å². The first-order valence-corrected chi connectivity index (χ1v) is 7.22. The number of carbonyl (C=O) groups excluding carboxylic acids is 2. The molecule has 7 heteroatoms. The summed E-state index contributed by atoms with van der Waals surface area (Å²) in [5.41, 5.74) is 3.31. The van der Waals surface area contributed by atoms with E-state index in [4.69, 9.17) is 9.47 Å². The highest BCUT2D eigenvalue weighted by atomic mass is 16.5. The van der Waals surface area contributed by atoms with Gasteiger partial charge >= 0.3 is 0 Å². The van der Waals surface area contributed by atoms with Crippen LogP contribution < -0.4 is 20.2 Å². The first-order valence-electron chi connectivity index (χ1n) is 7.22. The van der Waals surface area contributed by atoms with Gasteiger partial charge in [-0.15, -0.1) is 0 Å². The highest BCUT2D eigenvalue weighted by molar-refractivity contribution is 6.01. The highest BCUT2D eigenvalue weighted by Gasteiger charge is 2.11. The van der Waals surface area contributed by atoms with E-state index in [2.05, 4.69) is 15.8 Å². The Kier molecular flexibility index (Phi) is 7.05. The van der Waals surface area contributed by atoms with Gasteiger partial charge in [-0.05, 0) is 39.0 Å². The Labute approximate surface area is 136 Å². The van der Waals surface area contributed by atoms with Crippen molar-refractivity contribution in [2.45, 2.75) is 33.2 Å². The van der Waals surface area contributed by atoms with Gasteiger partial charge in [0.05, 0.1) is 20.6 Å². The molecule has 1 rings (SSSR count). The summed E-state index contributed by atoms with van der Waals surface area (Å²) < 4.78 is 10.3. The van der Waals surface area contributed by atoms with Gasteiger partial charge in [-0.2, -0.15) is 5.10 Å². The molecule has 7 nitrogen and oxygen atoms in total. The lowest BCUT2D eigenvalue weighted by Gasteiger charge is -2.09. The quantitative estimate of drug-likeness (QED) is 0.591. The molecule has 1 aromatic carbocycles. The Bertz CT molecular complexity index is 597. The second-order valence-electron chi connectivity index (χ2n) is 5.26. The van der Waals surface area contributed by atoms with E-state index in [-0.39, 0.29) is 18.4 Å². The Morgan fingerprint density at radius 1 is 1.17 bits per heavy atom. The molecule has 0 radical (unpaired) electrons.